The minimum absolute atomic E-state index is 0.282. The second kappa shape index (κ2) is 7.27. The number of aliphatic hydroxyl groups is 1. The zero-order chi connectivity index (χ0) is 18.0. The SMILES string of the molecule is O=C(c1ccc(F)c(F)c1F)N1CCCC1CC(O)c1ccccc1. The van der Waals surface area contributed by atoms with Gasteiger partial charge >= 0.3 is 0 Å². The average molecular weight is 349 g/mol. The van der Waals surface area contributed by atoms with Gasteiger partial charge in [0.15, 0.2) is 17.5 Å². The Morgan fingerprint density at radius 2 is 1.84 bits per heavy atom. The summed E-state index contributed by atoms with van der Waals surface area (Å²) in [6.45, 7) is 0.392. The monoisotopic (exact) mass is 349 g/mol. The van der Waals surface area contributed by atoms with E-state index in [0.717, 1.165) is 17.7 Å². The second-order valence-corrected chi connectivity index (χ2v) is 6.18. The Morgan fingerprint density at radius 3 is 2.56 bits per heavy atom. The number of hydrogen-bond acceptors (Lipinski definition) is 2. The molecule has 2 aromatic rings. The van der Waals surface area contributed by atoms with Crippen molar-refractivity contribution < 1.29 is 23.1 Å². The van der Waals surface area contributed by atoms with E-state index in [1.54, 1.807) is 12.1 Å². The maximum Gasteiger partial charge on any atom is 0.257 e. The van der Waals surface area contributed by atoms with Gasteiger partial charge in [0.2, 0.25) is 0 Å². The Hall–Kier alpha value is -2.34. The number of hydrogen-bond donors (Lipinski definition) is 1. The summed E-state index contributed by atoms with van der Waals surface area (Å²) in [6, 6.07) is 10.5. The van der Waals surface area contributed by atoms with Crippen LogP contribution in [0.3, 0.4) is 0 Å². The van der Waals surface area contributed by atoms with Crippen molar-refractivity contribution in [2.45, 2.75) is 31.4 Å². The largest absolute Gasteiger partial charge is 0.388 e. The first kappa shape index (κ1) is 17.5. The molecule has 2 atom stereocenters. The number of benzene rings is 2. The van der Waals surface area contributed by atoms with Gasteiger partial charge in [-0.3, -0.25) is 4.79 Å². The standard InChI is InChI=1S/C19H18F3NO2/c20-15-9-8-14(17(21)18(15)22)19(25)23-10-4-7-13(23)11-16(24)12-5-2-1-3-6-12/h1-3,5-6,8-9,13,16,24H,4,7,10-11H2. The highest BCUT2D eigenvalue weighted by molar-refractivity contribution is 5.95. The Kier molecular flexibility index (Phi) is 5.08. The maximum absolute atomic E-state index is 13.9. The third kappa shape index (κ3) is 3.54. The number of nitrogens with zero attached hydrogens (tertiary/aromatic N) is 1. The highest BCUT2D eigenvalue weighted by Crippen LogP contribution is 2.29. The molecule has 1 heterocycles. The van der Waals surface area contributed by atoms with E-state index in [1.165, 1.54) is 4.90 Å². The van der Waals surface area contributed by atoms with Gasteiger partial charge in [-0.15, -0.1) is 0 Å². The zero-order valence-corrected chi connectivity index (χ0v) is 13.5. The van der Waals surface area contributed by atoms with Crippen LogP contribution in [-0.4, -0.2) is 28.5 Å². The summed E-state index contributed by atoms with van der Waals surface area (Å²) >= 11 is 0. The number of carbonyl (C=O) groups excluding carboxylic acids is 1. The first-order valence-corrected chi connectivity index (χ1v) is 8.16. The molecule has 25 heavy (non-hydrogen) atoms. The van der Waals surface area contributed by atoms with E-state index in [2.05, 4.69) is 0 Å². The van der Waals surface area contributed by atoms with Crippen LogP contribution < -0.4 is 0 Å². The van der Waals surface area contributed by atoms with Crippen molar-refractivity contribution in [1.29, 1.82) is 0 Å². The zero-order valence-electron chi connectivity index (χ0n) is 13.5. The molecule has 1 N–H and O–H groups in total. The summed E-state index contributed by atoms with van der Waals surface area (Å²) < 4.78 is 40.4. The molecule has 3 nitrogen and oxygen atoms in total. The number of rotatable bonds is 4. The Labute approximate surface area is 143 Å². The van der Waals surface area contributed by atoms with Crippen molar-refractivity contribution in [2.24, 2.45) is 0 Å². The average Bonchev–Trinajstić information content (AvgIpc) is 3.08. The molecule has 6 heteroatoms. The number of carbonyl (C=O) groups is 1. The van der Waals surface area contributed by atoms with Crippen LogP contribution in [-0.2, 0) is 0 Å². The van der Waals surface area contributed by atoms with Crippen LogP contribution in [0, 0.1) is 17.5 Å². The number of amides is 1. The van der Waals surface area contributed by atoms with Crippen molar-refractivity contribution >= 4 is 5.91 Å². The predicted molar refractivity (Wildman–Crippen MR) is 86.4 cm³/mol. The third-order valence-electron chi connectivity index (χ3n) is 4.58. The van der Waals surface area contributed by atoms with Gasteiger partial charge in [0, 0.05) is 12.6 Å². The molecule has 0 radical (unpaired) electrons. The van der Waals surface area contributed by atoms with Crippen LogP contribution in [0.2, 0.25) is 0 Å². The number of halogens is 3. The molecular formula is C19H18F3NO2. The van der Waals surface area contributed by atoms with Crippen LogP contribution in [0.25, 0.3) is 0 Å². The molecular weight excluding hydrogens is 331 g/mol. The normalized spacial score (nSPS) is 18.4. The highest BCUT2D eigenvalue weighted by atomic mass is 19.2. The lowest BCUT2D eigenvalue weighted by Crippen LogP contribution is -2.37. The molecule has 3 rings (SSSR count). The Bertz CT molecular complexity index is 767. The van der Waals surface area contributed by atoms with E-state index in [0.29, 0.717) is 25.8 Å². The summed E-state index contributed by atoms with van der Waals surface area (Å²) in [6.07, 6.45) is 0.931. The fraction of sp³-hybridized carbons (Fsp3) is 0.316. The van der Waals surface area contributed by atoms with Crippen molar-refractivity contribution in [3.63, 3.8) is 0 Å². The molecule has 0 bridgehead atoms. The van der Waals surface area contributed by atoms with Crippen LogP contribution in [0.15, 0.2) is 42.5 Å². The van der Waals surface area contributed by atoms with Gasteiger partial charge in [0.05, 0.1) is 11.7 Å². The number of aliphatic hydroxyl groups excluding tert-OH is 1. The summed E-state index contributed by atoms with van der Waals surface area (Å²) in [5.41, 5.74) is 0.251. The quantitative estimate of drug-likeness (QED) is 0.852. The van der Waals surface area contributed by atoms with E-state index in [4.69, 9.17) is 0 Å². The molecule has 0 aromatic heterocycles. The lowest BCUT2D eigenvalue weighted by molar-refractivity contribution is 0.0661. The molecule has 1 aliphatic rings. The lowest BCUT2D eigenvalue weighted by Gasteiger charge is -2.27. The van der Waals surface area contributed by atoms with E-state index >= 15 is 0 Å². The van der Waals surface area contributed by atoms with Crippen molar-refractivity contribution in [3.8, 4) is 0 Å². The van der Waals surface area contributed by atoms with E-state index in [9.17, 15) is 23.1 Å². The van der Waals surface area contributed by atoms with Gasteiger partial charge in [0.25, 0.3) is 5.91 Å². The summed E-state index contributed by atoms with van der Waals surface area (Å²) in [5.74, 6) is -5.13. The molecule has 2 unspecified atom stereocenters. The Morgan fingerprint density at radius 1 is 1.12 bits per heavy atom. The minimum atomic E-state index is -1.65. The Balaban J connectivity index is 1.77. The summed E-state index contributed by atoms with van der Waals surface area (Å²) in [4.78, 5) is 14.0. The van der Waals surface area contributed by atoms with Gasteiger partial charge in [-0.05, 0) is 37.0 Å². The first-order valence-electron chi connectivity index (χ1n) is 8.16. The molecule has 0 saturated carbocycles. The fourth-order valence-electron chi connectivity index (χ4n) is 3.26. The predicted octanol–water partition coefficient (Wildman–Crippen LogP) is 3.83. The van der Waals surface area contributed by atoms with Crippen LogP contribution >= 0.6 is 0 Å². The van der Waals surface area contributed by atoms with Crippen LogP contribution in [0.1, 0.15) is 41.3 Å². The molecule has 1 saturated heterocycles. The molecule has 0 spiro atoms. The minimum Gasteiger partial charge on any atom is -0.388 e. The summed E-state index contributed by atoms with van der Waals surface area (Å²) in [5, 5.41) is 10.4. The highest BCUT2D eigenvalue weighted by Gasteiger charge is 2.33. The first-order chi connectivity index (χ1) is 12.0. The van der Waals surface area contributed by atoms with Gasteiger partial charge in [-0.1, -0.05) is 30.3 Å². The molecule has 132 valence electrons. The second-order valence-electron chi connectivity index (χ2n) is 6.18. The van der Waals surface area contributed by atoms with Crippen molar-refractivity contribution in [1.82, 2.24) is 4.90 Å². The van der Waals surface area contributed by atoms with Crippen molar-refractivity contribution in [2.75, 3.05) is 6.54 Å². The molecule has 2 aromatic carbocycles. The molecule has 0 aliphatic carbocycles. The smallest absolute Gasteiger partial charge is 0.257 e. The van der Waals surface area contributed by atoms with Gasteiger partial charge in [0.1, 0.15) is 0 Å². The van der Waals surface area contributed by atoms with Gasteiger partial charge in [-0.2, -0.15) is 0 Å². The van der Waals surface area contributed by atoms with Crippen LogP contribution in [0.5, 0.6) is 0 Å². The molecule has 1 fully saturated rings. The van der Waals surface area contributed by atoms with Gasteiger partial charge in [-0.25, -0.2) is 13.2 Å². The van der Waals surface area contributed by atoms with Crippen LogP contribution in [0.4, 0.5) is 13.2 Å². The van der Waals surface area contributed by atoms with Gasteiger partial charge < -0.3 is 10.0 Å². The molecule has 1 amide bonds. The molecule has 1 aliphatic heterocycles. The maximum atomic E-state index is 13.9. The topological polar surface area (TPSA) is 40.5 Å². The van der Waals surface area contributed by atoms with E-state index in [-0.39, 0.29) is 6.04 Å². The summed E-state index contributed by atoms with van der Waals surface area (Å²) in [7, 11) is 0. The van der Waals surface area contributed by atoms with Crippen molar-refractivity contribution in [3.05, 3.63) is 71.0 Å². The lowest BCUT2D eigenvalue weighted by atomic mass is 10.00. The van der Waals surface area contributed by atoms with E-state index in [1.807, 2.05) is 18.2 Å². The number of likely N-dealkylation sites (tertiary alicyclic amines) is 1. The fourth-order valence-corrected chi connectivity index (χ4v) is 3.26. The van der Waals surface area contributed by atoms with E-state index < -0.39 is 35.0 Å². The third-order valence-corrected chi connectivity index (χ3v) is 4.58.